The van der Waals surface area contributed by atoms with Crippen LogP contribution in [0.4, 0.5) is 0 Å². The van der Waals surface area contributed by atoms with E-state index in [2.05, 4.69) is 14.7 Å². The van der Waals surface area contributed by atoms with Gasteiger partial charge in [0.05, 0.1) is 0 Å². The minimum Gasteiger partial charge on any atom is -0.349 e. The maximum Gasteiger partial charge on any atom is 0.279 e. The number of aryl methyl sites for hydroxylation is 1. The standard InChI is InChI=1S/C11H22N4O2S/c1-3-4-10-15(2)18(16,17)14-7-5-6-11-12-8-9-13-11/h8-9,14H,3-7,10H2,1-2H3,(H,12,13). The number of hydrogen-bond acceptors (Lipinski definition) is 3. The lowest BCUT2D eigenvalue weighted by Crippen LogP contribution is -2.39. The summed E-state index contributed by atoms with van der Waals surface area (Å²) in [5, 5.41) is 0. The highest BCUT2D eigenvalue weighted by Gasteiger charge is 2.15. The number of nitrogens with one attached hydrogen (secondary N) is 2. The highest BCUT2D eigenvalue weighted by atomic mass is 32.2. The number of aromatic nitrogens is 2. The summed E-state index contributed by atoms with van der Waals surface area (Å²) in [5.41, 5.74) is 0. The molecule has 0 unspecified atom stereocenters. The molecule has 104 valence electrons. The molecule has 0 bridgehead atoms. The highest BCUT2D eigenvalue weighted by Crippen LogP contribution is 1.99. The van der Waals surface area contributed by atoms with Crippen LogP contribution in [0.15, 0.2) is 12.4 Å². The predicted octanol–water partition coefficient (Wildman–Crippen LogP) is 0.909. The second-order valence-corrected chi connectivity index (χ2v) is 6.08. The monoisotopic (exact) mass is 274 g/mol. The summed E-state index contributed by atoms with van der Waals surface area (Å²) in [4.78, 5) is 7.07. The summed E-state index contributed by atoms with van der Waals surface area (Å²) in [7, 11) is -1.72. The van der Waals surface area contributed by atoms with Crippen molar-refractivity contribution in [2.75, 3.05) is 20.1 Å². The molecule has 0 amide bonds. The maximum atomic E-state index is 11.8. The van der Waals surface area contributed by atoms with Crippen LogP contribution in [0, 0.1) is 0 Å². The van der Waals surface area contributed by atoms with E-state index in [1.54, 1.807) is 19.4 Å². The van der Waals surface area contributed by atoms with Gasteiger partial charge in [-0.15, -0.1) is 0 Å². The fourth-order valence-electron chi connectivity index (χ4n) is 1.50. The molecule has 0 spiro atoms. The molecule has 0 aliphatic rings. The molecular weight excluding hydrogens is 252 g/mol. The van der Waals surface area contributed by atoms with E-state index >= 15 is 0 Å². The van der Waals surface area contributed by atoms with Crippen LogP contribution in [0.5, 0.6) is 0 Å². The Morgan fingerprint density at radius 3 is 2.83 bits per heavy atom. The molecule has 1 aromatic heterocycles. The van der Waals surface area contributed by atoms with Crippen LogP contribution < -0.4 is 4.72 Å². The summed E-state index contributed by atoms with van der Waals surface area (Å²) in [6, 6.07) is 0. The van der Waals surface area contributed by atoms with Crippen molar-refractivity contribution in [3.05, 3.63) is 18.2 Å². The van der Waals surface area contributed by atoms with Gasteiger partial charge in [-0.3, -0.25) is 0 Å². The van der Waals surface area contributed by atoms with Crippen molar-refractivity contribution >= 4 is 10.2 Å². The molecule has 1 heterocycles. The third-order valence-corrected chi connectivity index (χ3v) is 4.24. The number of hydrogen-bond donors (Lipinski definition) is 2. The lowest BCUT2D eigenvalue weighted by Gasteiger charge is -2.17. The molecule has 0 aliphatic heterocycles. The lowest BCUT2D eigenvalue weighted by molar-refractivity contribution is 0.448. The summed E-state index contributed by atoms with van der Waals surface area (Å²) >= 11 is 0. The van der Waals surface area contributed by atoms with E-state index in [1.165, 1.54) is 4.31 Å². The molecule has 6 nitrogen and oxygen atoms in total. The molecule has 0 aromatic carbocycles. The Labute approximate surface area is 109 Å². The Bertz CT molecular complexity index is 416. The van der Waals surface area contributed by atoms with E-state index in [9.17, 15) is 8.42 Å². The first-order valence-electron chi connectivity index (χ1n) is 6.25. The van der Waals surface area contributed by atoms with Gasteiger partial charge < -0.3 is 4.98 Å². The average molecular weight is 274 g/mol. The number of nitrogens with zero attached hydrogens (tertiary/aromatic N) is 2. The Hall–Kier alpha value is -0.920. The minimum atomic E-state index is -3.32. The van der Waals surface area contributed by atoms with Crippen molar-refractivity contribution in [1.29, 1.82) is 0 Å². The van der Waals surface area contributed by atoms with Crippen molar-refractivity contribution in [2.24, 2.45) is 0 Å². The van der Waals surface area contributed by atoms with Gasteiger partial charge in [-0.25, -0.2) is 9.71 Å². The molecule has 1 rings (SSSR count). The average Bonchev–Trinajstić information content (AvgIpc) is 2.84. The largest absolute Gasteiger partial charge is 0.349 e. The van der Waals surface area contributed by atoms with Gasteiger partial charge in [-0.05, 0) is 12.8 Å². The third-order valence-electron chi connectivity index (χ3n) is 2.67. The lowest BCUT2D eigenvalue weighted by atomic mass is 10.3. The van der Waals surface area contributed by atoms with E-state index in [0.29, 0.717) is 13.1 Å². The number of unbranched alkanes of at least 4 members (excludes halogenated alkanes) is 1. The van der Waals surface area contributed by atoms with Gasteiger partial charge in [0, 0.05) is 39.0 Å². The van der Waals surface area contributed by atoms with E-state index < -0.39 is 10.2 Å². The Morgan fingerprint density at radius 2 is 2.22 bits per heavy atom. The van der Waals surface area contributed by atoms with E-state index in [-0.39, 0.29) is 0 Å². The van der Waals surface area contributed by atoms with Gasteiger partial charge in [-0.2, -0.15) is 12.7 Å². The van der Waals surface area contributed by atoms with Crippen molar-refractivity contribution in [3.63, 3.8) is 0 Å². The fourth-order valence-corrected chi connectivity index (χ4v) is 2.49. The zero-order chi connectivity index (χ0) is 13.4. The molecular formula is C11H22N4O2S. The molecule has 2 N–H and O–H groups in total. The van der Waals surface area contributed by atoms with Crippen LogP contribution in [0.1, 0.15) is 32.0 Å². The molecule has 0 fully saturated rings. The SMILES string of the molecule is CCCCN(C)S(=O)(=O)NCCCc1ncc[nH]1. The van der Waals surface area contributed by atoms with Crippen LogP contribution in [-0.2, 0) is 16.6 Å². The van der Waals surface area contributed by atoms with Crippen LogP contribution in [0.25, 0.3) is 0 Å². The quantitative estimate of drug-likeness (QED) is 0.657. The van der Waals surface area contributed by atoms with Crippen molar-refractivity contribution in [1.82, 2.24) is 19.0 Å². The Morgan fingerprint density at radius 1 is 1.44 bits per heavy atom. The molecule has 18 heavy (non-hydrogen) atoms. The van der Waals surface area contributed by atoms with E-state index in [1.807, 2.05) is 6.92 Å². The molecule has 0 saturated carbocycles. The van der Waals surface area contributed by atoms with E-state index in [0.717, 1.165) is 31.5 Å². The fraction of sp³-hybridized carbons (Fsp3) is 0.727. The smallest absolute Gasteiger partial charge is 0.279 e. The summed E-state index contributed by atoms with van der Waals surface area (Å²) in [6.07, 6.45) is 6.79. The summed E-state index contributed by atoms with van der Waals surface area (Å²) < 4.78 is 27.5. The third kappa shape index (κ3) is 5.16. The van der Waals surface area contributed by atoms with Crippen LogP contribution in [-0.4, -0.2) is 42.8 Å². The van der Waals surface area contributed by atoms with Crippen molar-refractivity contribution in [3.8, 4) is 0 Å². The molecule has 0 radical (unpaired) electrons. The second-order valence-electron chi connectivity index (χ2n) is 4.21. The number of aromatic amines is 1. The number of imidazole rings is 1. The van der Waals surface area contributed by atoms with E-state index in [4.69, 9.17) is 0 Å². The van der Waals surface area contributed by atoms with Crippen molar-refractivity contribution in [2.45, 2.75) is 32.6 Å². The Kier molecular flexibility index (Phi) is 6.31. The predicted molar refractivity (Wildman–Crippen MR) is 71.4 cm³/mol. The van der Waals surface area contributed by atoms with Crippen molar-refractivity contribution < 1.29 is 8.42 Å². The first-order chi connectivity index (χ1) is 8.56. The first-order valence-corrected chi connectivity index (χ1v) is 7.69. The summed E-state index contributed by atoms with van der Waals surface area (Å²) in [5.74, 6) is 0.883. The van der Waals surface area contributed by atoms with Gasteiger partial charge in [0.1, 0.15) is 5.82 Å². The van der Waals surface area contributed by atoms with Gasteiger partial charge in [-0.1, -0.05) is 13.3 Å². The Balaban J connectivity index is 2.24. The van der Waals surface area contributed by atoms with Gasteiger partial charge in [0.15, 0.2) is 0 Å². The number of rotatable bonds is 9. The normalized spacial score (nSPS) is 12.2. The molecule has 1 aromatic rings. The summed E-state index contributed by atoms with van der Waals surface area (Å²) in [6.45, 7) is 3.03. The second kappa shape index (κ2) is 7.50. The number of H-pyrrole nitrogens is 1. The van der Waals surface area contributed by atoms with Gasteiger partial charge >= 0.3 is 0 Å². The topological polar surface area (TPSA) is 78.1 Å². The molecule has 0 saturated heterocycles. The molecule has 7 heteroatoms. The minimum absolute atomic E-state index is 0.430. The zero-order valence-electron chi connectivity index (χ0n) is 11.0. The first kappa shape index (κ1) is 15.1. The highest BCUT2D eigenvalue weighted by molar-refractivity contribution is 7.87. The molecule has 0 aliphatic carbocycles. The van der Waals surface area contributed by atoms with Crippen LogP contribution >= 0.6 is 0 Å². The van der Waals surface area contributed by atoms with Gasteiger partial charge in [0.2, 0.25) is 0 Å². The molecule has 0 atom stereocenters. The maximum absolute atomic E-state index is 11.8. The van der Waals surface area contributed by atoms with Crippen LogP contribution in [0.2, 0.25) is 0 Å². The zero-order valence-corrected chi connectivity index (χ0v) is 11.8. The van der Waals surface area contributed by atoms with Crippen LogP contribution in [0.3, 0.4) is 0 Å². The van der Waals surface area contributed by atoms with Gasteiger partial charge in [0.25, 0.3) is 10.2 Å².